The highest BCUT2D eigenvalue weighted by molar-refractivity contribution is 6.32. The Morgan fingerprint density at radius 1 is 1.24 bits per heavy atom. The molecule has 0 spiro atoms. The van der Waals surface area contributed by atoms with Crippen LogP contribution in [0.5, 0.6) is 0 Å². The third-order valence-corrected chi connectivity index (χ3v) is 4.44. The predicted octanol–water partition coefficient (Wildman–Crippen LogP) is 3.48. The zero-order chi connectivity index (χ0) is 17.5. The van der Waals surface area contributed by atoms with Crippen molar-refractivity contribution < 1.29 is 9.47 Å². The second-order valence-electron chi connectivity index (χ2n) is 5.93. The molecule has 0 radical (unpaired) electrons. The van der Waals surface area contributed by atoms with Gasteiger partial charge in [-0.05, 0) is 24.0 Å². The van der Waals surface area contributed by atoms with Gasteiger partial charge in [0, 0.05) is 26.8 Å². The summed E-state index contributed by atoms with van der Waals surface area (Å²) in [6, 6.07) is 8.36. The van der Waals surface area contributed by atoms with E-state index in [0.29, 0.717) is 35.9 Å². The molecule has 1 aromatic heterocycles. The van der Waals surface area contributed by atoms with Gasteiger partial charge >= 0.3 is 0 Å². The topological polar surface area (TPSA) is 68.3 Å². The molecule has 1 aliphatic heterocycles. The van der Waals surface area contributed by atoms with E-state index in [1.807, 2.05) is 6.07 Å². The van der Waals surface area contributed by atoms with Crippen LogP contribution in [-0.4, -0.2) is 36.3 Å². The maximum atomic E-state index is 6.07. The molecule has 0 atom stereocenters. The molecule has 0 aliphatic carbocycles. The highest BCUT2D eigenvalue weighted by Crippen LogP contribution is 2.25. The molecule has 25 heavy (non-hydrogen) atoms. The number of nitrogens with one attached hydrogen (secondary N) is 2. The van der Waals surface area contributed by atoms with Crippen molar-refractivity contribution in [3.8, 4) is 0 Å². The quantitative estimate of drug-likeness (QED) is 0.735. The van der Waals surface area contributed by atoms with E-state index in [1.165, 1.54) is 11.9 Å². The first-order valence-electron chi connectivity index (χ1n) is 8.45. The SMILES string of the molecule is CNc1c(Cl)ncnc1NCc1cccc(COC2CCOCC2)c1. The second-order valence-corrected chi connectivity index (χ2v) is 6.29. The number of benzene rings is 1. The Hall–Kier alpha value is -1.89. The van der Waals surface area contributed by atoms with Gasteiger partial charge in [-0.2, -0.15) is 0 Å². The van der Waals surface area contributed by atoms with E-state index >= 15 is 0 Å². The monoisotopic (exact) mass is 362 g/mol. The molecule has 0 bridgehead atoms. The van der Waals surface area contributed by atoms with E-state index < -0.39 is 0 Å². The summed E-state index contributed by atoms with van der Waals surface area (Å²) in [6.45, 7) is 2.86. The minimum Gasteiger partial charge on any atom is -0.383 e. The van der Waals surface area contributed by atoms with Gasteiger partial charge < -0.3 is 20.1 Å². The van der Waals surface area contributed by atoms with Gasteiger partial charge in [0.25, 0.3) is 0 Å². The first-order valence-corrected chi connectivity index (χ1v) is 8.83. The molecule has 1 aliphatic rings. The summed E-state index contributed by atoms with van der Waals surface area (Å²) in [4.78, 5) is 8.21. The minimum absolute atomic E-state index is 0.303. The van der Waals surface area contributed by atoms with Crippen molar-refractivity contribution in [3.63, 3.8) is 0 Å². The molecule has 2 heterocycles. The van der Waals surface area contributed by atoms with Gasteiger partial charge in [0.15, 0.2) is 11.0 Å². The van der Waals surface area contributed by atoms with Crippen LogP contribution in [0.25, 0.3) is 0 Å². The van der Waals surface area contributed by atoms with Crippen molar-refractivity contribution in [3.05, 3.63) is 46.9 Å². The molecular weight excluding hydrogens is 340 g/mol. The number of hydrogen-bond donors (Lipinski definition) is 2. The van der Waals surface area contributed by atoms with Crippen LogP contribution >= 0.6 is 11.6 Å². The van der Waals surface area contributed by atoms with Gasteiger partial charge in [0.1, 0.15) is 12.0 Å². The van der Waals surface area contributed by atoms with Crippen molar-refractivity contribution in [1.82, 2.24) is 9.97 Å². The maximum Gasteiger partial charge on any atom is 0.157 e. The summed E-state index contributed by atoms with van der Waals surface area (Å²) in [5.41, 5.74) is 3.02. The lowest BCUT2D eigenvalue weighted by atomic mass is 10.1. The third-order valence-electron chi connectivity index (χ3n) is 4.16. The molecule has 1 saturated heterocycles. The van der Waals surface area contributed by atoms with E-state index in [0.717, 1.165) is 31.6 Å². The zero-order valence-electron chi connectivity index (χ0n) is 14.3. The van der Waals surface area contributed by atoms with Crippen LogP contribution in [0, 0.1) is 0 Å². The fourth-order valence-electron chi connectivity index (χ4n) is 2.79. The number of aromatic nitrogens is 2. The summed E-state index contributed by atoms with van der Waals surface area (Å²) in [6.07, 6.45) is 3.70. The van der Waals surface area contributed by atoms with Crippen LogP contribution in [-0.2, 0) is 22.6 Å². The Bertz CT molecular complexity index is 693. The second kappa shape index (κ2) is 8.99. The van der Waals surface area contributed by atoms with E-state index in [2.05, 4.69) is 38.8 Å². The largest absolute Gasteiger partial charge is 0.383 e. The van der Waals surface area contributed by atoms with Gasteiger partial charge in [-0.25, -0.2) is 9.97 Å². The Morgan fingerprint density at radius 2 is 2.04 bits per heavy atom. The number of hydrogen-bond acceptors (Lipinski definition) is 6. The number of anilines is 2. The molecule has 3 rings (SSSR count). The van der Waals surface area contributed by atoms with Crippen molar-refractivity contribution in [2.45, 2.75) is 32.1 Å². The molecule has 134 valence electrons. The molecule has 0 unspecified atom stereocenters. The van der Waals surface area contributed by atoms with Gasteiger partial charge in [0.2, 0.25) is 0 Å². The standard InChI is InChI=1S/C18H23ClN4O2/c1-20-16-17(19)22-12-23-18(16)21-10-13-3-2-4-14(9-13)11-25-15-5-7-24-8-6-15/h2-4,9,12,15,20H,5-8,10-11H2,1H3,(H,21,22,23). The third kappa shape index (κ3) is 5.04. The summed E-state index contributed by atoms with van der Waals surface area (Å²) in [5.74, 6) is 0.686. The van der Waals surface area contributed by atoms with Crippen LogP contribution in [0.15, 0.2) is 30.6 Å². The zero-order valence-corrected chi connectivity index (χ0v) is 15.1. The average Bonchev–Trinajstić information content (AvgIpc) is 2.66. The van der Waals surface area contributed by atoms with Crippen LogP contribution in [0.3, 0.4) is 0 Å². The first kappa shape index (κ1) is 17.9. The predicted molar refractivity (Wildman–Crippen MR) is 99.0 cm³/mol. The molecule has 1 aromatic carbocycles. The van der Waals surface area contributed by atoms with Crippen LogP contribution in [0.4, 0.5) is 11.5 Å². The Balaban J connectivity index is 1.57. The van der Waals surface area contributed by atoms with E-state index in [1.54, 1.807) is 7.05 Å². The summed E-state index contributed by atoms with van der Waals surface area (Å²) in [5, 5.41) is 6.72. The molecule has 2 aromatic rings. The molecule has 1 fully saturated rings. The summed E-state index contributed by atoms with van der Waals surface area (Å²) >= 11 is 6.07. The normalized spacial score (nSPS) is 15.1. The lowest BCUT2D eigenvalue weighted by Crippen LogP contribution is -2.23. The Morgan fingerprint density at radius 3 is 2.84 bits per heavy atom. The molecule has 7 heteroatoms. The highest BCUT2D eigenvalue weighted by atomic mass is 35.5. The van der Waals surface area contributed by atoms with Crippen molar-refractivity contribution in [2.24, 2.45) is 0 Å². The lowest BCUT2D eigenvalue weighted by molar-refractivity contribution is -0.0390. The van der Waals surface area contributed by atoms with Crippen LogP contribution in [0.2, 0.25) is 5.15 Å². The minimum atomic E-state index is 0.303. The number of nitrogens with zero attached hydrogens (tertiary/aromatic N) is 2. The molecule has 0 amide bonds. The van der Waals surface area contributed by atoms with E-state index in [9.17, 15) is 0 Å². The van der Waals surface area contributed by atoms with Gasteiger partial charge in [-0.15, -0.1) is 0 Å². The fourth-order valence-corrected chi connectivity index (χ4v) is 3.02. The van der Waals surface area contributed by atoms with Crippen molar-refractivity contribution in [2.75, 3.05) is 30.9 Å². The highest BCUT2D eigenvalue weighted by Gasteiger charge is 2.14. The number of rotatable bonds is 7. The maximum absolute atomic E-state index is 6.07. The van der Waals surface area contributed by atoms with Crippen molar-refractivity contribution in [1.29, 1.82) is 0 Å². The Labute approximate surface area is 152 Å². The number of ether oxygens (including phenoxy) is 2. The van der Waals surface area contributed by atoms with Crippen LogP contribution in [0.1, 0.15) is 24.0 Å². The first-order chi connectivity index (χ1) is 12.3. The molecular formula is C18H23ClN4O2. The smallest absolute Gasteiger partial charge is 0.157 e. The van der Waals surface area contributed by atoms with Gasteiger partial charge in [0.05, 0.1) is 12.7 Å². The molecule has 0 saturated carbocycles. The van der Waals surface area contributed by atoms with Crippen molar-refractivity contribution >= 4 is 23.1 Å². The molecule has 6 nitrogen and oxygen atoms in total. The molecule has 2 N–H and O–H groups in total. The summed E-state index contributed by atoms with van der Waals surface area (Å²) in [7, 11) is 1.80. The number of halogens is 1. The van der Waals surface area contributed by atoms with E-state index in [-0.39, 0.29) is 0 Å². The van der Waals surface area contributed by atoms with Gasteiger partial charge in [-0.3, -0.25) is 0 Å². The fraction of sp³-hybridized carbons (Fsp3) is 0.444. The van der Waals surface area contributed by atoms with E-state index in [4.69, 9.17) is 21.1 Å². The average molecular weight is 363 g/mol. The lowest BCUT2D eigenvalue weighted by Gasteiger charge is -2.22. The van der Waals surface area contributed by atoms with Crippen LogP contribution < -0.4 is 10.6 Å². The Kier molecular flexibility index (Phi) is 6.44. The van der Waals surface area contributed by atoms with Gasteiger partial charge in [-0.1, -0.05) is 35.9 Å². The summed E-state index contributed by atoms with van der Waals surface area (Å²) < 4.78 is 11.3.